The first-order valence-electron chi connectivity index (χ1n) is 12.3. The van der Waals surface area contributed by atoms with E-state index in [9.17, 15) is 9.90 Å². The Labute approximate surface area is 243 Å². The molecule has 0 amide bonds. The Hall–Kier alpha value is -3.45. The average Bonchev–Trinajstić information content (AvgIpc) is 3.38. The molecule has 39 heavy (non-hydrogen) atoms. The van der Waals surface area contributed by atoms with Crippen molar-refractivity contribution in [1.82, 2.24) is 15.0 Å². The molecule has 0 fully saturated rings. The van der Waals surface area contributed by atoms with E-state index in [1.807, 2.05) is 42.0 Å². The predicted octanol–water partition coefficient (Wildman–Crippen LogP) is 6.66. The van der Waals surface area contributed by atoms with Crippen LogP contribution in [0.1, 0.15) is 43.2 Å². The highest BCUT2D eigenvalue weighted by Crippen LogP contribution is 2.34. The quantitative estimate of drug-likeness (QED) is 0.197. The summed E-state index contributed by atoms with van der Waals surface area (Å²) < 4.78 is -0.180. The lowest BCUT2D eigenvalue weighted by molar-refractivity contribution is -0.138. The van der Waals surface area contributed by atoms with E-state index in [2.05, 4.69) is 57.1 Å². The molecule has 0 bridgehead atoms. The van der Waals surface area contributed by atoms with Crippen molar-refractivity contribution < 1.29 is 9.90 Å². The van der Waals surface area contributed by atoms with Crippen molar-refractivity contribution in [3.05, 3.63) is 88.7 Å². The molecule has 4 aromatic rings. The van der Waals surface area contributed by atoms with Crippen molar-refractivity contribution in [2.45, 2.75) is 49.2 Å². The van der Waals surface area contributed by atoms with E-state index in [0.717, 1.165) is 38.7 Å². The van der Waals surface area contributed by atoms with Gasteiger partial charge in [0.2, 0.25) is 5.95 Å². The Morgan fingerprint density at radius 2 is 1.67 bits per heavy atom. The minimum atomic E-state index is -0.931. The molecule has 2 aromatic carbocycles. The molecular formula is C29H30ClN5O2S2. The number of halogens is 1. The number of carboxylic acid groups (broad SMARTS) is 1. The molecule has 0 unspecified atom stereocenters. The highest BCUT2D eigenvalue weighted by atomic mass is 35.5. The lowest BCUT2D eigenvalue weighted by Gasteiger charge is -2.23. The zero-order chi connectivity index (χ0) is 27.1. The van der Waals surface area contributed by atoms with E-state index >= 15 is 0 Å². The second-order valence-corrected chi connectivity index (χ2v) is 12.1. The number of rotatable bonds is 11. The van der Waals surface area contributed by atoms with Gasteiger partial charge in [-0.15, -0.1) is 23.7 Å². The van der Waals surface area contributed by atoms with Gasteiger partial charge in [0.25, 0.3) is 0 Å². The number of aromatic nitrogens is 3. The maximum Gasteiger partial charge on any atom is 0.319 e. The first kappa shape index (κ1) is 30.1. The minimum absolute atomic E-state index is 0. The van der Waals surface area contributed by atoms with E-state index < -0.39 is 10.7 Å². The van der Waals surface area contributed by atoms with Crippen LogP contribution in [0.3, 0.4) is 0 Å². The Morgan fingerprint density at radius 1 is 1.05 bits per heavy atom. The number of benzene rings is 2. The van der Waals surface area contributed by atoms with Crippen LogP contribution in [-0.4, -0.2) is 37.3 Å². The molecule has 0 aliphatic carbocycles. The summed E-state index contributed by atoms with van der Waals surface area (Å²) in [6.07, 6.45) is 5.31. The van der Waals surface area contributed by atoms with E-state index in [0.29, 0.717) is 31.0 Å². The van der Waals surface area contributed by atoms with Gasteiger partial charge in [0, 0.05) is 37.3 Å². The van der Waals surface area contributed by atoms with Gasteiger partial charge >= 0.3 is 5.97 Å². The molecule has 1 N–H and O–H groups in total. The smallest absolute Gasteiger partial charge is 0.319 e. The Kier molecular flexibility index (Phi) is 10.5. The van der Waals surface area contributed by atoms with Crippen LogP contribution in [0.5, 0.6) is 0 Å². The molecule has 7 nitrogen and oxygen atoms in total. The fourth-order valence-electron chi connectivity index (χ4n) is 3.67. The second-order valence-electron chi connectivity index (χ2n) is 9.32. The number of anilines is 1. The predicted molar refractivity (Wildman–Crippen MR) is 160 cm³/mol. The summed E-state index contributed by atoms with van der Waals surface area (Å²) in [5.74, 6) is -0.196. The third-order valence-electron chi connectivity index (χ3n) is 6.08. The summed E-state index contributed by atoms with van der Waals surface area (Å²) in [6.45, 7) is 6.75. The Balaban J connectivity index is 0.00000420. The molecule has 0 aliphatic heterocycles. The van der Waals surface area contributed by atoms with Gasteiger partial charge in [-0.3, -0.25) is 4.79 Å². The maximum atomic E-state index is 11.5. The second kappa shape index (κ2) is 13.6. The van der Waals surface area contributed by atoms with Crippen LogP contribution in [0, 0.1) is 11.3 Å². The molecule has 0 saturated heterocycles. The molecule has 202 valence electrons. The molecule has 2 heterocycles. The SMILES string of the molecule is CCc1cnc(N(CCc2csc(SC(C)(C)C(=O)O)n2)Cc2ccc(-c3ccc(C#N)cc3)cc2)nc1.Cl. The zero-order valence-electron chi connectivity index (χ0n) is 22.0. The molecule has 2 aromatic heterocycles. The molecular weight excluding hydrogens is 550 g/mol. The number of hydrogen-bond donors (Lipinski definition) is 1. The number of carboxylic acids is 1. The number of thiazole rings is 1. The standard InChI is InChI=1S/C29H29N5O2S2.ClH/c1-4-20-16-31-27(32-17-20)34(14-13-25-19-37-28(33-25)38-29(2,3)26(35)36)18-22-7-11-24(12-8-22)23-9-5-21(15-30)6-10-23;/h5-12,16-17,19H,4,13-14,18H2,1-3H3,(H,35,36);1H. The van der Waals surface area contributed by atoms with Gasteiger partial charge in [-0.25, -0.2) is 15.0 Å². The fraction of sp³-hybridized carbons (Fsp3) is 0.276. The van der Waals surface area contributed by atoms with E-state index in [1.165, 1.54) is 23.1 Å². The molecule has 4 rings (SSSR count). The number of aliphatic carboxylic acids is 1. The topological polar surface area (TPSA) is 103 Å². The van der Waals surface area contributed by atoms with Crippen LogP contribution >= 0.6 is 35.5 Å². The third kappa shape index (κ3) is 8.02. The number of hydrogen-bond acceptors (Lipinski definition) is 8. The van der Waals surface area contributed by atoms with Crippen molar-refractivity contribution in [2.24, 2.45) is 0 Å². The summed E-state index contributed by atoms with van der Waals surface area (Å²) in [5.41, 5.74) is 5.93. The highest BCUT2D eigenvalue weighted by Gasteiger charge is 2.29. The lowest BCUT2D eigenvalue weighted by Crippen LogP contribution is -2.27. The maximum absolute atomic E-state index is 11.5. The van der Waals surface area contributed by atoms with Crippen LogP contribution in [0.2, 0.25) is 0 Å². The summed E-state index contributed by atoms with van der Waals surface area (Å²) in [5, 5.41) is 20.4. The largest absolute Gasteiger partial charge is 0.480 e. The first-order chi connectivity index (χ1) is 18.3. The fourth-order valence-corrected chi connectivity index (χ4v) is 5.89. The minimum Gasteiger partial charge on any atom is -0.480 e. The van der Waals surface area contributed by atoms with Gasteiger partial charge in [0.1, 0.15) is 4.75 Å². The van der Waals surface area contributed by atoms with Crippen molar-refractivity contribution in [2.75, 3.05) is 11.4 Å². The van der Waals surface area contributed by atoms with Gasteiger partial charge in [-0.1, -0.05) is 55.1 Å². The summed E-state index contributed by atoms with van der Waals surface area (Å²) >= 11 is 2.74. The van der Waals surface area contributed by atoms with Gasteiger partial charge in [0.05, 0.1) is 17.3 Å². The monoisotopic (exact) mass is 579 g/mol. The van der Waals surface area contributed by atoms with Gasteiger partial charge in [-0.2, -0.15) is 5.26 Å². The van der Waals surface area contributed by atoms with Crippen LogP contribution in [-0.2, 0) is 24.2 Å². The summed E-state index contributed by atoms with van der Waals surface area (Å²) in [6, 6.07) is 18.1. The van der Waals surface area contributed by atoms with Crippen LogP contribution in [0.25, 0.3) is 11.1 Å². The number of thioether (sulfide) groups is 1. The van der Waals surface area contributed by atoms with Crippen molar-refractivity contribution in [3.8, 4) is 17.2 Å². The number of nitrogens with zero attached hydrogens (tertiary/aromatic N) is 5. The molecule has 0 saturated carbocycles. The van der Waals surface area contributed by atoms with Crippen molar-refractivity contribution >= 4 is 47.4 Å². The van der Waals surface area contributed by atoms with E-state index in [1.54, 1.807) is 13.8 Å². The highest BCUT2D eigenvalue weighted by molar-refractivity contribution is 8.03. The Morgan fingerprint density at radius 3 is 2.23 bits per heavy atom. The number of carbonyl (C=O) groups is 1. The van der Waals surface area contributed by atoms with Gasteiger partial charge in [-0.05, 0) is 54.7 Å². The molecule has 0 radical (unpaired) electrons. The molecule has 10 heteroatoms. The molecule has 0 atom stereocenters. The van der Waals surface area contributed by atoms with Gasteiger partial charge < -0.3 is 10.0 Å². The van der Waals surface area contributed by atoms with E-state index in [4.69, 9.17) is 5.26 Å². The van der Waals surface area contributed by atoms with E-state index in [-0.39, 0.29) is 12.4 Å². The Bertz CT molecular complexity index is 1420. The van der Waals surface area contributed by atoms with Crippen LogP contribution < -0.4 is 4.90 Å². The first-order valence-corrected chi connectivity index (χ1v) is 14.0. The van der Waals surface area contributed by atoms with Crippen LogP contribution in [0.4, 0.5) is 5.95 Å². The number of aryl methyl sites for hydroxylation is 1. The number of nitriles is 1. The van der Waals surface area contributed by atoms with Crippen LogP contribution in [0.15, 0.2) is 70.6 Å². The summed E-state index contributed by atoms with van der Waals surface area (Å²) in [7, 11) is 0. The summed E-state index contributed by atoms with van der Waals surface area (Å²) in [4.78, 5) is 27.5. The van der Waals surface area contributed by atoms with Gasteiger partial charge in [0.15, 0.2) is 4.34 Å². The van der Waals surface area contributed by atoms with Crippen molar-refractivity contribution in [1.29, 1.82) is 5.26 Å². The zero-order valence-corrected chi connectivity index (χ0v) is 24.4. The third-order valence-corrected chi connectivity index (χ3v) is 8.26. The normalized spacial score (nSPS) is 10.9. The molecule has 0 aliphatic rings. The van der Waals surface area contributed by atoms with Crippen molar-refractivity contribution in [3.63, 3.8) is 0 Å². The average molecular weight is 580 g/mol. The molecule has 0 spiro atoms. The lowest BCUT2D eigenvalue weighted by atomic mass is 10.0.